The number of carbonyl (C=O) groups excluding carboxylic acids is 1. The quantitative estimate of drug-likeness (QED) is 0.896. The van der Waals surface area contributed by atoms with Crippen LogP contribution in [0.25, 0.3) is 11.3 Å². The fraction of sp³-hybridized carbons (Fsp3) is 0.312. The van der Waals surface area contributed by atoms with Crippen molar-refractivity contribution >= 4 is 11.8 Å². The molecule has 1 aromatic carbocycles. The van der Waals surface area contributed by atoms with Crippen molar-refractivity contribution in [3.8, 4) is 11.3 Å². The van der Waals surface area contributed by atoms with Gasteiger partial charge in [-0.3, -0.25) is 5.32 Å². The van der Waals surface area contributed by atoms with Gasteiger partial charge in [0.05, 0.1) is 0 Å². The van der Waals surface area contributed by atoms with E-state index in [1.54, 1.807) is 0 Å². The maximum absolute atomic E-state index is 11.7. The fourth-order valence-corrected chi connectivity index (χ4v) is 1.91. The molecule has 0 bridgehead atoms. The molecule has 0 radical (unpaired) electrons. The number of anilines is 1. The van der Waals surface area contributed by atoms with Gasteiger partial charge in [-0.2, -0.15) is 0 Å². The van der Waals surface area contributed by atoms with Crippen LogP contribution in [0.5, 0.6) is 0 Å². The van der Waals surface area contributed by atoms with E-state index in [1.807, 2.05) is 64.3 Å². The predicted octanol–water partition coefficient (Wildman–Crippen LogP) is 4.04. The topological polar surface area (TPSA) is 43.3 Å². The van der Waals surface area contributed by atoms with Crippen LogP contribution in [-0.4, -0.2) is 16.3 Å². The normalized spacial score (nSPS) is 11.2. The summed E-state index contributed by atoms with van der Waals surface area (Å²) in [5.74, 6) is 0. The lowest BCUT2D eigenvalue weighted by molar-refractivity contribution is 0.0636. The molecule has 0 aliphatic rings. The van der Waals surface area contributed by atoms with Crippen molar-refractivity contribution in [3.05, 3.63) is 42.6 Å². The average Bonchev–Trinajstić information content (AvgIpc) is 2.74. The zero-order valence-corrected chi connectivity index (χ0v) is 12.3. The van der Waals surface area contributed by atoms with Gasteiger partial charge in [-0.05, 0) is 50.6 Å². The van der Waals surface area contributed by atoms with E-state index in [2.05, 4.69) is 16.0 Å². The Bertz CT molecular complexity index is 592. The van der Waals surface area contributed by atoms with Crippen molar-refractivity contribution in [1.29, 1.82) is 0 Å². The highest BCUT2D eigenvalue weighted by Crippen LogP contribution is 2.21. The van der Waals surface area contributed by atoms with Crippen LogP contribution in [0.4, 0.5) is 10.5 Å². The number of benzene rings is 1. The molecule has 0 aliphatic carbocycles. The van der Waals surface area contributed by atoms with Crippen molar-refractivity contribution in [2.24, 2.45) is 7.05 Å². The first kappa shape index (κ1) is 14.2. The highest BCUT2D eigenvalue weighted by molar-refractivity contribution is 5.85. The number of aryl methyl sites for hydroxylation is 1. The summed E-state index contributed by atoms with van der Waals surface area (Å²) in [6, 6.07) is 11.7. The third-order valence-corrected chi connectivity index (χ3v) is 2.77. The van der Waals surface area contributed by atoms with E-state index < -0.39 is 11.7 Å². The van der Waals surface area contributed by atoms with Gasteiger partial charge in [0.2, 0.25) is 0 Å². The monoisotopic (exact) mass is 272 g/mol. The lowest BCUT2D eigenvalue weighted by Gasteiger charge is -2.19. The third-order valence-electron chi connectivity index (χ3n) is 2.77. The minimum absolute atomic E-state index is 0.441. The molecule has 4 nitrogen and oxygen atoms in total. The van der Waals surface area contributed by atoms with Crippen molar-refractivity contribution in [1.82, 2.24) is 4.57 Å². The number of hydrogen-bond acceptors (Lipinski definition) is 2. The molecule has 2 rings (SSSR count). The van der Waals surface area contributed by atoms with Gasteiger partial charge in [-0.25, -0.2) is 4.79 Å². The van der Waals surface area contributed by atoms with E-state index >= 15 is 0 Å². The Hall–Kier alpha value is -2.23. The molecule has 0 fully saturated rings. The molecule has 0 saturated heterocycles. The Kier molecular flexibility index (Phi) is 3.84. The van der Waals surface area contributed by atoms with Gasteiger partial charge in [0, 0.05) is 24.6 Å². The van der Waals surface area contributed by atoms with Crippen LogP contribution in [0.3, 0.4) is 0 Å². The number of nitrogens with one attached hydrogen (secondary N) is 1. The SMILES string of the molecule is Cn1cccc1-c1ccc(NC(=O)OC(C)(C)C)cc1. The molecule has 0 unspecified atom stereocenters. The molecule has 106 valence electrons. The minimum Gasteiger partial charge on any atom is -0.444 e. The van der Waals surface area contributed by atoms with Gasteiger partial charge >= 0.3 is 6.09 Å². The smallest absolute Gasteiger partial charge is 0.412 e. The largest absolute Gasteiger partial charge is 0.444 e. The molecule has 1 heterocycles. The van der Waals surface area contributed by atoms with E-state index in [-0.39, 0.29) is 0 Å². The molecule has 1 aromatic heterocycles. The summed E-state index contributed by atoms with van der Waals surface area (Å²) in [5.41, 5.74) is 2.46. The lowest BCUT2D eigenvalue weighted by atomic mass is 10.1. The van der Waals surface area contributed by atoms with Crippen LogP contribution in [-0.2, 0) is 11.8 Å². The van der Waals surface area contributed by atoms with Crippen LogP contribution in [0.2, 0.25) is 0 Å². The maximum Gasteiger partial charge on any atom is 0.412 e. The number of nitrogens with zero attached hydrogens (tertiary/aromatic N) is 1. The van der Waals surface area contributed by atoms with Crippen molar-refractivity contribution in [3.63, 3.8) is 0 Å². The van der Waals surface area contributed by atoms with Crippen LogP contribution in [0.1, 0.15) is 20.8 Å². The van der Waals surface area contributed by atoms with E-state index in [0.717, 1.165) is 16.9 Å². The summed E-state index contributed by atoms with van der Waals surface area (Å²) in [7, 11) is 2.00. The maximum atomic E-state index is 11.7. The molecule has 0 saturated carbocycles. The van der Waals surface area contributed by atoms with E-state index in [9.17, 15) is 4.79 Å². The van der Waals surface area contributed by atoms with E-state index in [4.69, 9.17) is 4.74 Å². The first-order chi connectivity index (χ1) is 9.35. The number of ether oxygens (including phenoxy) is 1. The van der Waals surface area contributed by atoms with Crippen molar-refractivity contribution < 1.29 is 9.53 Å². The van der Waals surface area contributed by atoms with Gasteiger partial charge in [-0.15, -0.1) is 0 Å². The molecule has 4 heteroatoms. The van der Waals surface area contributed by atoms with Crippen LogP contribution < -0.4 is 5.32 Å². The highest BCUT2D eigenvalue weighted by Gasteiger charge is 2.16. The van der Waals surface area contributed by atoms with Gasteiger partial charge < -0.3 is 9.30 Å². The van der Waals surface area contributed by atoms with Crippen LogP contribution >= 0.6 is 0 Å². The molecule has 20 heavy (non-hydrogen) atoms. The van der Waals surface area contributed by atoms with Crippen LogP contribution in [0.15, 0.2) is 42.6 Å². The van der Waals surface area contributed by atoms with Gasteiger partial charge in [0.15, 0.2) is 0 Å². The van der Waals surface area contributed by atoms with E-state index in [0.29, 0.717) is 0 Å². The molecule has 0 aliphatic heterocycles. The van der Waals surface area contributed by atoms with Gasteiger partial charge in [-0.1, -0.05) is 12.1 Å². The Balaban J connectivity index is 2.06. The molecular weight excluding hydrogens is 252 g/mol. The summed E-state index contributed by atoms with van der Waals surface area (Å²) in [6.45, 7) is 5.52. The summed E-state index contributed by atoms with van der Waals surface area (Å²) >= 11 is 0. The standard InChI is InChI=1S/C16H20N2O2/c1-16(2,3)20-15(19)17-13-9-7-12(8-10-13)14-6-5-11-18(14)4/h5-11H,1-4H3,(H,17,19). The molecule has 2 aromatic rings. The highest BCUT2D eigenvalue weighted by atomic mass is 16.6. The Morgan fingerprint density at radius 3 is 2.30 bits per heavy atom. The Morgan fingerprint density at radius 2 is 1.80 bits per heavy atom. The summed E-state index contributed by atoms with van der Waals surface area (Å²) in [5, 5.41) is 2.72. The summed E-state index contributed by atoms with van der Waals surface area (Å²) in [4.78, 5) is 11.7. The second-order valence-corrected chi connectivity index (χ2v) is 5.71. The summed E-state index contributed by atoms with van der Waals surface area (Å²) in [6.07, 6.45) is 1.56. The lowest BCUT2D eigenvalue weighted by Crippen LogP contribution is -2.27. The number of amides is 1. The van der Waals surface area contributed by atoms with Gasteiger partial charge in [0.25, 0.3) is 0 Å². The van der Waals surface area contributed by atoms with Gasteiger partial charge in [0.1, 0.15) is 5.60 Å². The van der Waals surface area contributed by atoms with Crippen LogP contribution in [0, 0.1) is 0 Å². The second-order valence-electron chi connectivity index (χ2n) is 5.71. The second kappa shape index (κ2) is 5.41. The number of aromatic nitrogens is 1. The number of rotatable bonds is 2. The Labute approximate surface area is 119 Å². The Morgan fingerprint density at radius 1 is 1.15 bits per heavy atom. The average molecular weight is 272 g/mol. The predicted molar refractivity (Wildman–Crippen MR) is 80.7 cm³/mol. The molecule has 0 atom stereocenters. The molecule has 1 amide bonds. The van der Waals surface area contributed by atoms with Crippen molar-refractivity contribution in [2.75, 3.05) is 5.32 Å². The number of carbonyl (C=O) groups is 1. The number of hydrogen-bond donors (Lipinski definition) is 1. The molecule has 0 spiro atoms. The fourth-order valence-electron chi connectivity index (χ4n) is 1.91. The zero-order chi connectivity index (χ0) is 14.8. The minimum atomic E-state index is -0.493. The molecule has 1 N–H and O–H groups in total. The first-order valence-corrected chi connectivity index (χ1v) is 6.57. The van der Waals surface area contributed by atoms with Crippen molar-refractivity contribution in [2.45, 2.75) is 26.4 Å². The van der Waals surface area contributed by atoms with E-state index in [1.165, 1.54) is 0 Å². The first-order valence-electron chi connectivity index (χ1n) is 6.57. The summed E-state index contributed by atoms with van der Waals surface area (Å²) < 4.78 is 7.26. The zero-order valence-electron chi connectivity index (χ0n) is 12.3. The third kappa shape index (κ3) is 3.63. The molecular formula is C16H20N2O2.